The Morgan fingerprint density at radius 2 is 1.75 bits per heavy atom. The van der Waals surface area contributed by atoms with E-state index in [1.165, 1.54) is 18.1 Å². The van der Waals surface area contributed by atoms with Crippen molar-refractivity contribution in [2.75, 3.05) is 39.9 Å². The number of phenolic OH excluding ortho intramolecular Hbond substituents is 1. The third-order valence-electron chi connectivity index (χ3n) is 6.32. The fourth-order valence-electron chi connectivity index (χ4n) is 4.24. The van der Waals surface area contributed by atoms with Gasteiger partial charge in [0.05, 0.1) is 25.3 Å². The summed E-state index contributed by atoms with van der Waals surface area (Å²) in [6, 6.07) is 10.7. The molecule has 0 aromatic heterocycles. The molecule has 1 atom stereocenters. The van der Waals surface area contributed by atoms with Gasteiger partial charge in [0.1, 0.15) is 11.5 Å². The molecule has 2 aromatic carbocycles. The van der Waals surface area contributed by atoms with Crippen molar-refractivity contribution in [2.45, 2.75) is 33.7 Å². The zero-order valence-corrected chi connectivity index (χ0v) is 21.7. The molecule has 1 aliphatic heterocycles. The van der Waals surface area contributed by atoms with E-state index in [1.807, 2.05) is 13.8 Å². The van der Waals surface area contributed by atoms with E-state index >= 15 is 0 Å². The van der Waals surface area contributed by atoms with Crippen molar-refractivity contribution in [3.8, 4) is 17.2 Å². The number of likely N-dealkylation sites (N-methyl/N-ethyl adjacent to an activating group) is 1. The van der Waals surface area contributed by atoms with E-state index in [2.05, 4.69) is 18.7 Å². The summed E-state index contributed by atoms with van der Waals surface area (Å²) in [5.41, 5.74) is 0.967. The summed E-state index contributed by atoms with van der Waals surface area (Å²) >= 11 is 0. The Labute approximate surface area is 212 Å². The van der Waals surface area contributed by atoms with Crippen LogP contribution in [0.2, 0.25) is 0 Å². The number of carbonyl (C=O) groups excluding carboxylic acids is 2. The Kier molecular flexibility index (Phi) is 8.98. The lowest BCUT2D eigenvalue weighted by molar-refractivity contribution is -0.140. The number of likely N-dealkylation sites (tertiary alicyclic amines) is 1. The molecular weight excluding hydrogens is 460 g/mol. The SMILES string of the molecule is CCN(CC)CCN1C(=O)C(=O)C(=C(O)c2ccc(OCC(C)C)cc2)C1c1ccc(O)c(OC)c1. The lowest BCUT2D eigenvalue weighted by atomic mass is 9.95. The summed E-state index contributed by atoms with van der Waals surface area (Å²) in [7, 11) is 1.43. The van der Waals surface area contributed by atoms with Crippen LogP contribution in [0.3, 0.4) is 0 Å². The molecule has 0 bridgehead atoms. The third kappa shape index (κ3) is 5.82. The number of aliphatic hydroxyl groups excluding tert-OH is 1. The van der Waals surface area contributed by atoms with Crippen molar-refractivity contribution in [3.05, 3.63) is 59.2 Å². The molecule has 1 saturated heterocycles. The molecule has 1 aliphatic rings. The maximum Gasteiger partial charge on any atom is 0.295 e. The second-order valence-corrected chi connectivity index (χ2v) is 9.18. The summed E-state index contributed by atoms with van der Waals surface area (Å²) in [5, 5.41) is 21.4. The molecule has 8 nitrogen and oxygen atoms in total. The molecule has 0 aliphatic carbocycles. The minimum atomic E-state index is -0.827. The molecule has 3 rings (SSSR count). The minimum absolute atomic E-state index is 0.00291. The number of amides is 1. The van der Waals surface area contributed by atoms with Gasteiger partial charge in [0.25, 0.3) is 11.7 Å². The highest BCUT2D eigenvalue weighted by atomic mass is 16.5. The van der Waals surface area contributed by atoms with Crippen LogP contribution in [0.1, 0.15) is 44.9 Å². The largest absolute Gasteiger partial charge is 0.507 e. The van der Waals surface area contributed by atoms with Gasteiger partial charge in [-0.1, -0.05) is 33.8 Å². The highest BCUT2D eigenvalue weighted by Crippen LogP contribution is 2.41. The van der Waals surface area contributed by atoms with Crippen molar-refractivity contribution < 1.29 is 29.3 Å². The van der Waals surface area contributed by atoms with Crippen LogP contribution in [0, 0.1) is 5.92 Å². The van der Waals surface area contributed by atoms with Gasteiger partial charge in [-0.15, -0.1) is 0 Å². The Hall–Kier alpha value is -3.52. The highest BCUT2D eigenvalue weighted by Gasteiger charge is 2.46. The smallest absolute Gasteiger partial charge is 0.295 e. The molecule has 194 valence electrons. The maximum absolute atomic E-state index is 13.2. The number of rotatable bonds is 11. The van der Waals surface area contributed by atoms with Crippen LogP contribution in [-0.2, 0) is 9.59 Å². The number of ketones is 1. The molecule has 0 saturated carbocycles. The summed E-state index contributed by atoms with van der Waals surface area (Å²) in [6.45, 7) is 11.2. The summed E-state index contributed by atoms with van der Waals surface area (Å²) in [4.78, 5) is 30.0. The number of hydrogen-bond donors (Lipinski definition) is 2. The molecule has 1 heterocycles. The average molecular weight is 497 g/mol. The van der Waals surface area contributed by atoms with Gasteiger partial charge in [-0.2, -0.15) is 0 Å². The quantitative estimate of drug-likeness (QED) is 0.273. The van der Waals surface area contributed by atoms with Crippen molar-refractivity contribution in [2.24, 2.45) is 5.92 Å². The van der Waals surface area contributed by atoms with Gasteiger partial charge in [0.15, 0.2) is 11.5 Å². The first-order chi connectivity index (χ1) is 17.2. The summed E-state index contributed by atoms with van der Waals surface area (Å²) in [5.74, 6) is -0.493. The number of carbonyl (C=O) groups is 2. The predicted molar refractivity (Wildman–Crippen MR) is 138 cm³/mol. The van der Waals surface area contributed by atoms with Crippen molar-refractivity contribution >= 4 is 17.4 Å². The fraction of sp³-hybridized carbons (Fsp3) is 0.429. The number of Topliss-reactive ketones (excluding diaryl/α,β-unsaturated/α-hetero) is 1. The molecule has 36 heavy (non-hydrogen) atoms. The van der Waals surface area contributed by atoms with Crippen LogP contribution in [-0.4, -0.2) is 71.6 Å². The van der Waals surface area contributed by atoms with Crippen LogP contribution < -0.4 is 9.47 Å². The van der Waals surface area contributed by atoms with Crippen molar-refractivity contribution in [1.82, 2.24) is 9.80 Å². The predicted octanol–water partition coefficient (Wildman–Crippen LogP) is 4.20. The van der Waals surface area contributed by atoms with E-state index < -0.39 is 17.7 Å². The Morgan fingerprint density at radius 1 is 1.08 bits per heavy atom. The molecular formula is C28H36N2O6. The van der Waals surface area contributed by atoms with Crippen molar-refractivity contribution in [1.29, 1.82) is 0 Å². The third-order valence-corrected chi connectivity index (χ3v) is 6.32. The van der Waals surface area contributed by atoms with Crippen LogP contribution in [0.4, 0.5) is 0 Å². The number of phenols is 1. The number of ether oxygens (including phenoxy) is 2. The summed E-state index contributed by atoms with van der Waals surface area (Å²) in [6.07, 6.45) is 0. The van der Waals surface area contributed by atoms with Gasteiger partial charge < -0.3 is 29.5 Å². The Bertz CT molecular complexity index is 1110. The second kappa shape index (κ2) is 11.9. The molecule has 1 fully saturated rings. The van der Waals surface area contributed by atoms with Crippen LogP contribution in [0.5, 0.6) is 17.2 Å². The second-order valence-electron chi connectivity index (χ2n) is 9.18. The first-order valence-corrected chi connectivity index (χ1v) is 12.3. The van der Waals surface area contributed by atoms with Gasteiger partial charge in [0.2, 0.25) is 0 Å². The van der Waals surface area contributed by atoms with Gasteiger partial charge >= 0.3 is 0 Å². The zero-order valence-electron chi connectivity index (χ0n) is 21.7. The lowest BCUT2D eigenvalue weighted by Crippen LogP contribution is -2.38. The normalized spacial score (nSPS) is 17.3. The van der Waals surface area contributed by atoms with Gasteiger partial charge in [-0.25, -0.2) is 0 Å². The molecule has 2 aromatic rings. The average Bonchev–Trinajstić information content (AvgIpc) is 3.13. The molecule has 8 heteroatoms. The van der Waals surface area contributed by atoms with Crippen LogP contribution in [0.25, 0.3) is 5.76 Å². The molecule has 1 amide bonds. The zero-order chi connectivity index (χ0) is 26.4. The first kappa shape index (κ1) is 27.1. The van der Waals surface area contributed by atoms with Gasteiger partial charge in [-0.05, 0) is 61.0 Å². The number of nitrogens with zero attached hydrogens (tertiary/aromatic N) is 2. The Balaban J connectivity index is 2.06. The van der Waals surface area contributed by atoms with E-state index in [9.17, 15) is 19.8 Å². The molecule has 1 unspecified atom stereocenters. The van der Waals surface area contributed by atoms with E-state index in [1.54, 1.807) is 36.4 Å². The van der Waals surface area contributed by atoms with Crippen LogP contribution in [0.15, 0.2) is 48.0 Å². The van der Waals surface area contributed by atoms with E-state index in [0.717, 1.165) is 13.1 Å². The molecule has 0 radical (unpaired) electrons. The van der Waals surface area contributed by atoms with Gasteiger partial charge in [0, 0.05) is 18.7 Å². The topological polar surface area (TPSA) is 99.5 Å². The molecule has 2 N–H and O–H groups in total. The van der Waals surface area contributed by atoms with E-state index in [4.69, 9.17) is 9.47 Å². The maximum atomic E-state index is 13.2. The van der Waals surface area contributed by atoms with Crippen molar-refractivity contribution in [3.63, 3.8) is 0 Å². The fourth-order valence-corrected chi connectivity index (χ4v) is 4.24. The monoisotopic (exact) mass is 496 g/mol. The number of aliphatic hydroxyl groups is 1. The number of aromatic hydroxyl groups is 1. The van der Waals surface area contributed by atoms with E-state index in [0.29, 0.717) is 42.5 Å². The Morgan fingerprint density at radius 3 is 2.33 bits per heavy atom. The summed E-state index contributed by atoms with van der Waals surface area (Å²) < 4.78 is 11.0. The number of methoxy groups -OCH3 is 1. The first-order valence-electron chi connectivity index (χ1n) is 12.3. The number of benzene rings is 2. The van der Waals surface area contributed by atoms with E-state index in [-0.39, 0.29) is 22.8 Å². The van der Waals surface area contributed by atoms with Gasteiger partial charge in [-0.3, -0.25) is 9.59 Å². The molecule has 0 spiro atoms. The lowest BCUT2D eigenvalue weighted by Gasteiger charge is -2.28. The van der Waals surface area contributed by atoms with Crippen LogP contribution >= 0.6 is 0 Å². The number of hydrogen-bond acceptors (Lipinski definition) is 7. The highest BCUT2D eigenvalue weighted by molar-refractivity contribution is 6.46. The minimum Gasteiger partial charge on any atom is -0.507 e. The standard InChI is InChI=1S/C28H36N2O6/c1-6-29(7-2)14-15-30-25(20-10-13-22(31)23(16-20)35-5)24(27(33)28(30)34)26(32)19-8-11-21(12-9-19)36-17-18(3)4/h8-13,16,18,25,31-32H,6-7,14-15,17H2,1-5H3.